The Morgan fingerprint density at radius 2 is 2.44 bits per heavy atom. The number of carbonyl (C=O) groups excluding carboxylic acids is 1. The molecule has 0 aliphatic heterocycles. The lowest BCUT2D eigenvalue weighted by molar-refractivity contribution is 0.198. The van der Waals surface area contributed by atoms with Gasteiger partial charge in [-0.15, -0.1) is 0 Å². The zero-order valence-electron chi connectivity index (χ0n) is 10.2. The summed E-state index contributed by atoms with van der Waals surface area (Å²) in [7, 11) is 1.56. The minimum absolute atomic E-state index is 0.0927. The summed E-state index contributed by atoms with van der Waals surface area (Å²) in [6, 6.07) is 3.47. The van der Waals surface area contributed by atoms with Crippen LogP contribution >= 0.6 is 0 Å². The number of rotatable bonds is 5. The van der Waals surface area contributed by atoms with Crippen LogP contribution in [0.5, 0.6) is 0 Å². The number of amides is 2. The molecule has 0 aliphatic rings. The van der Waals surface area contributed by atoms with E-state index in [2.05, 4.69) is 15.5 Å². The number of hydrogen-bond donors (Lipinski definition) is 3. The molecule has 7 nitrogen and oxygen atoms in total. The van der Waals surface area contributed by atoms with E-state index in [0.717, 1.165) is 5.56 Å². The highest BCUT2D eigenvalue weighted by Crippen LogP contribution is 2.04. The van der Waals surface area contributed by atoms with Gasteiger partial charge in [-0.3, -0.25) is 4.98 Å². The number of urea groups is 1. The van der Waals surface area contributed by atoms with Crippen molar-refractivity contribution in [3.63, 3.8) is 0 Å². The quantitative estimate of drug-likeness (QED) is 0.304. The first kappa shape index (κ1) is 13.8. The van der Waals surface area contributed by atoms with Crippen LogP contribution in [0.3, 0.4) is 0 Å². The molecule has 0 fully saturated rings. The Hall–Kier alpha value is -2.31. The number of nitrogens with one attached hydrogen (secondary N) is 1. The predicted octanol–water partition coefficient (Wildman–Crippen LogP) is 0.360. The Bertz CT molecular complexity index is 407. The van der Waals surface area contributed by atoms with Crippen LogP contribution in [0.15, 0.2) is 29.7 Å². The zero-order valence-corrected chi connectivity index (χ0v) is 10.2. The fraction of sp³-hybridized carbons (Fsp3) is 0.364. The van der Waals surface area contributed by atoms with Crippen molar-refractivity contribution in [2.75, 3.05) is 13.6 Å². The SMILES string of the molecule is CNC(=O)N(CC/C(N)=N/O)Cc1cccnc1. The van der Waals surface area contributed by atoms with E-state index in [0.29, 0.717) is 19.5 Å². The Kier molecular flexibility index (Phi) is 5.43. The van der Waals surface area contributed by atoms with Gasteiger partial charge in [0.25, 0.3) is 0 Å². The van der Waals surface area contributed by atoms with Crippen molar-refractivity contribution in [1.82, 2.24) is 15.2 Å². The van der Waals surface area contributed by atoms with E-state index in [9.17, 15) is 4.79 Å². The van der Waals surface area contributed by atoms with Crippen molar-refractivity contribution in [1.29, 1.82) is 0 Å². The number of nitrogens with zero attached hydrogens (tertiary/aromatic N) is 3. The van der Waals surface area contributed by atoms with Gasteiger partial charge in [0.15, 0.2) is 0 Å². The highest BCUT2D eigenvalue weighted by atomic mass is 16.4. The molecule has 0 saturated heterocycles. The first-order chi connectivity index (χ1) is 8.67. The summed E-state index contributed by atoms with van der Waals surface area (Å²) in [5.74, 6) is 0.0927. The molecule has 4 N–H and O–H groups in total. The van der Waals surface area contributed by atoms with Crippen LogP contribution in [0.2, 0.25) is 0 Å². The van der Waals surface area contributed by atoms with Gasteiger partial charge in [-0.1, -0.05) is 11.2 Å². The molecule has 0 aliphatic carbocycles. The zero-order chi connectivity index (χ0) is 13.4. The molecule has 7 heteroatoms. The van der Waals surface area contributed by atoms with Gasteiger partial charge in [-0.05, 0) is 11.6 Å². The maximum Gasteiger partial charge on any atom is 0.317 e. The maximum absolute atomic E-state index is 11.7. The first-order valence-electron chi connectivity index (χ1n) is 5.49. The number of oxime groups is 1. The molecular weight excluding hydrogens is 234 g/mol. The minimum atomic E-state index is -0.218. The van der Waals surface area contributed by atoms with Gasteiger partial charge in [0.1, 0.15) is 5.84 Å². The minimum Gasteiger partial charge on any atom is -0.409 e. The van der Waals surface area contributed by atoms with Crippen molar-refractivity contribution in [3.05, 3.63) is 30.1 Å². The summed E-state index contributed by atoms with van der Waals surface area (Å²) in [4.78, 5) is 17.2. The van der Waals surface area contributed by atoms with Gasteiger partial charge in [0, 0.05) is 39.0 Å². The number of pyridine rings is 1. The Labute approximate surface area is 105 Å². The number of amidine groups is 1. The average molecular weight is 251 g/mol. The molecule has 2 amide bonds. The normalized spacial score (nSPS) is 11.1. The van der Waals surface area contributed by atoms with Crippen molar-refractivity contribution >= 4 is 11.9 Å². The second kappa shape index (κ2) is 7.10. The molecule has 1 heterocycles. The molecule has 18 heavy (non-hydrogen) atoms. The Balaban J connectivity index is 2.64. The lowest BCUT2D eigenvalue weighted by atomic mass is 10.2. The molecule has 0 radical (unpaired) electrons. The van der Waals surface area contributed by atoms with Crippen LogP contribution < -0.4 is 11.1 Å². The topological polar surface area (TPSA) is 104 Å². The Morgan fingerprint density at radius 3 is 3.00 bits per heavy atom. The van der Waals surface area contributed by atoms with Crippen LogP contribution in [0.1, 0.15) is 12.0 Å². The number of aromatic nitrogens is 1. The van der Waals surface area contributed by atoms with E-state index in [1.807, 2.05) is 6.07 Å². The third-order valence-corrected chi connectivity index (χ3v) is 2.36. The van der Waals surface area contributed by atoms with Gasteiger partial charge >= 0.3 is 6.03 Å². The largest absolute Gasteiger partial charge is 0.409 e. The number of hydrogen-bond acceptors (Lipinski definition) is 4. The second-order valence-electron chi connectivity index (χ2n) is 3.68. The van der Waals surface area contributed by atoms with Crippen LogP contribution in [0, 0.1) is 0 Å². The molecule has 0 aromatic carbocycles. The first-order valence-corrected chi connectivity index (χ1v) is 5.49. The van der Waals surface area contributed by atoms with E-state index in [1.54, 1.807) is 30.4 Å². The van der Waals surface area contributed by atoms with Gasteiger partial charge in [0.2, 0.25) is 0 Å². The van der Waals surface area contributed by atoms with E-state index < -0.39 is 0 Å². The summed E-state index contributed by atoms with van der Waals surface area (Å²) >= 11 is 0. The van der Waals surface area contributed by atoms with Gasteiger partial charge in [-0.2, -0.15) is 0 Å². The number of nitrogens with two attached hydrogens (primary N) is 1. The Morgan fingerprint density at radius 1 is 1.67 bits per heavy atom. The molecule has 1 rings (SSSR count). The lowest BCUT2D eigenvalue weighted by Gasteiger charge is -2.21. The monoisotopic (exact) mass is 251 g/mol. The van der Waals surface area contributed by atoms with Crippen molar-refractivity contribution in [3.8, 4) is 0 Å². The summed E-state index contributed by atoms with van der Waals surface area (Å²) in [6.45, 7) is 0.788. The van der Waals surface area contributed by atoms with E-state index >= 15 is 0 Å². The fourth-order valence-electron chi connectivity index (χ4n) is 1.42. The maximum atomic E-state index is 11.7. The average Bonchev–Trinajstić information content (AvgIpc) is 2.43. The van der Waals surface area contributed by atoms with Gasteiger partial charge in [-0.25, -0.2) is 4.79 Å². The molecule has 0 saturated carbocycles. The second-order valence-corrected chi connectivity index (χ2v) is 3.68. The molecule has 0 bridgehead atoms. The molecule has 0 spiro atoms. The molecule has 1 aromatic heterocycles. The highest BCUT2D eigenvalue weighted by molar-refractivity contribution is 5.80. The van der Waals surface area contributed by atoms with Crippen molar-refractivity contribution in [2.45, 2.75) is 13.0 Å². The number of carbonyl (C=O) groups is 1. The summed E-state index contributed by atoms with van der Waals surface area (Å²) in [5, 5.41) is 13.9. The molecular formula is C11H17N5O2. The molecule has 0 unspecified atom stereocenters. The molecule has 0 atom stereocenters. The van der Waals surface area contributed by atoms with E-state index in [4.69, 9.17) is 10.9 Å². The predicted molar refractivity (Wildman–Crippen MR) is 67.1 cm³/mol. The lowest BCUT2D eigenvalue weighted by Crippen LogP contribution is -2.39. The third-order valence-electron chi connectivity index (χ3n) is 2.36. The van der Waals surface area contributed by atoms with Crippen LogP contribution in [-0.4, -0.2) is 40.6 Å². The summed E-state index contributed by atoms with van der Waals surface area (Å²) in [6.07, 6.45) is 3.67. The summed E-state index contributed by atoms with van der Waals surface area (Å²) in [5.41, 5.74) is 6.30. The van der Waals surface area contributed by atoms with Crippen molar-refractivity contribution < 1.29 is 10.0 Å². The smallest absolute Gasteiger partial charge is 0.317 e. The van der Waals surface area contributed by atoms with Crippen LogP contribution in [0.4, 0.5) is 4.79 Å². The van der Waals surface area contributed by atoms with E-state index in [1.165, 1.54) is 0 Å². The molecule has 98 valence electrons. The third kappa shape index (κ3) is 4.28. The standard InChI is InChI=1S/C11H17N5O2/c1-13-11(17)16(6-4-10(12)15-18)8-9-3-2-5-14-7-9/h2-3,5,7,18H,4,6,8H2,1H3,(H2,12,15)(H,13,17). The fourth-order valence-corrected chi connectivity index (χ4v) is 1.42. The van der Waals surface area contributed by atoms with Crippen LogP contribution in [-0.2, 0) is 6.54 Å². The van der Waals surface area contributed by atoms with Gasteiger partial charge < -0.3 is 21.2 Å². The highest BCUT2D eigenvalue weighted by Gasteiger charge is 2.12. The summed E-state index contributed by atoms with van der Waals surface area (Å²) < 4.78 is 0. The van der Waals surface area contributed by atoms with Crippen molar-refractivity contribution in [2.24, 2.45) is 10.9 Å². The molecule has 1 aromatic rings. The van der Waals surface area contributed by atoms with Crippen LogP contribution in [0.25, 0.3) is 0 Å². The van der Waals surface area contributed by atoms with E-state index in [-0.39, 0.29) is 11.9 Å². The van der Waals surface area contributed by atoms with Gasteiger partial charge in [0.05, 0.1) is 0 Å².